The molecule has 5 nitrogen and oxygen atoms in total. The highest BCUT2D eigenvalue weighted by atomic mass is 16.5. The molecule has 3 saturated carbocycles. The molecular weight excluding hydrogens is 354 g/mol. The highest BCUT2D eigenvalue weighted by Gasteiger charge is 2.48. The summed E-state index contributed by atoms with van der Waals surface area (Å²) in [5, 5.41) is 2.62. The Morgan fingerprint density at radius 1 is 0.964 bits per heavy atom. The summed E-state index contributed by atoms with van der Waals surface area (Å²) in [4.78, 5) is 21.0. The Morgan fingerprint density at radius 2 is 1.54 bits per heavy atom. The predicted molar refractivity (Wildman–Crippen MR) is 113 cm³/mol. The lowest BCUT2D eigenvalue weighted by Crippen LogP contribution is -2.24. The van der Waals surface area contributed by atoms with Crippen LogP contribution in [0.4, 0.5) is 4.79 Å². The van der Waals surface area contributed by atoms with E-state index >= 15 is 0 Å². The predicted octanol–water partition coefficient (Wildman–Crippen LogP) is 5.49. The summed E-state index contributed by atoms with van der Waals surface area (Å²) < 4.78 is 9.20. The van der Waals surface area contributed by atoms with Crippen molar-refractivity contribution in [2.75, 3.05) is 19.8 Å². The summed E-state index contributed by atoms with van der Waals surface area (Å²) in [5.41, 5.74) is 0.451. The number of carbonyl (C=O) groups excluding carboxylic acids is 2. The third-order valence-electron chi connectivity index (χ3n) is 6.05. The summed E-state index contributed by atoms with van der Waals surface area (Å²) in [5.74, 6) is 4.49. The minimum atomic E-state index is -0.312. The maximum Gasteiger partial charge on any atom is 0.407 e. The molecule has 1 N–H and O–H groups in total. The van der Waals surface area contributed by atoms with Crippen LogP contribution in [-0.2, 0) is 14.3 Å². The van der Waals surface area contributed by atoms with Gasteiger partial charge in [-0.1, -0.05) is 26.3 Å². The molecule has 1 amide bonds. The molecule has 0 aliphatic heterocycles. The van der Waals surface area contributed by atoms with E-state index in [0.717, 1.165) is 19.4 Å². The van der Waals surface area contributed by atoms with Gasteiger partial charge in [-0.15, -0.1) is 0 Å². The van der Waals surface area contributed by atoms with E-state index < -0.39 is 0 Å². The second-order valence-electron chi connectivity index (χ2n) is 8.09. The van der Waals surface area contributed by atoms with Crippen LogP contribution in [0, 0.1) is 23.7 Å². The second-order valence-corrected chi connectivity index (χ2v) is 8.09. The van der Waals surface area contributed by atoms with Crippen LogP contribution >= 0.6 is 0 Å². The molecule has 0 aromatic carbocycles. The average Bonchev–Trinajstić information content (AvgIpc) is 3.38. The molecule has 0 spiro atoms. The van der Waals surface area contributed by atoms with Crippen LogP contribution in [-0.4, -0.2) is 31.8 Å². The molecule has 162 valence electrons. The average molecular weight is 396 g/mol. The highest BCUT2D eigenvalue weighted by Crippen LogP contribution is 2.58. The monoisotopic (exact) mass is 395 g/mol. The van der Waals surface area contributed by atoms with Gasteiger partial charge in [-0.3, -0.25) is 0 Å². The normalized spacial score (nSPS) is 26.1. The minimum Gasteiger partial charge on any atom is -0.463 e. The number of hydrogen-bond acceptors (Lipinski definition) is 4. The first-order valence-electron chi connectivity index (χ1n) is 11.2. The molecule has 3 fully saturated rings. The van der Waals surface area contributed by atoms with Gasteiger partial charge < -0.3 is 14.8 Å². The molecular formula is C23H41NO4. The Labute approximate surface area is 171 Å². The van der Waals surface area contributed by atoms with E-state index in [2.05, 4.69) is 28.3 Å². The molecule has 3 rings (SSSR count). The maximum absolute atomic E-state index is 10.6. The number of esters is 1. The fourth-order valence-electron chi connectivity index (χ4n) is 4.82. The molecule has 0 radical (unpaired) electrons. The summed E-state index contributed by atoms with van der Waals surface area (Å²) in [6.45, 7) is 12.2. The van der Waals surface area contributed by atoms with Gasteiger partial charge in [0.25, 0.3) is 0 Å². The van der Waals surface area contributed by atoms with Gasteiger partial charge >= 0.3 is 12.1 Å². The SMILES string of the molecule is C1CC2C3CCC(C3)C2C1.C=C(C)C(=O)OCC.CCCCNC(=O)OCC. The van der Waals surface area contributed by atoms with Crippen molar-refractivity contribution in [3.05, 3.63) is 12.2 Å². The second kappa shape index (κ2) is 13.6. The van der Waals surface area contributed by atoms with E-state index in [0.29, 0.717) is 18.8 Å². The molecule has 3 aliphatic rings. The van der Waals surface area contributed by atoms with Crippen LogP contribution in [0.1, 0.15) is 79.1 Å². The fraction of sp³-hybridized carbons (Fsp3) is 0.826. The lowest BCUT2D eigenvalue weighted by molar-refractivity contribution is -0.138. The lowest BCUT2D eigenvalue weighted by Gasteiger charge is -2.23. The van der Waals surface area contributed by atoms with Crippen LogP contribution in [0.25, 0.3) is 0 Å². The quantitative estimate of drug-likeness (QED) is 0.367. The maximum atomic E-state index is 10.6. The van der Waals surface area contributed by atoms with Crippen molar-refractivity contribution in [1.82, 2.24) is 5.32 Å². The largest absolute Gasteiger partial charge is 0.463 e. The Hall–Kier alpha value is -1.52. The van der Waals surface area contributed by atoms with E-state index in [9.17, 15) is 9.59 Å². The highest BCUT2D eigenvalue weighted by molar-refractivity contribution is 5.86. The number of amides is 1. The zero-order valence-electron chi connectivity index (χ0n) is 18.4. The topological polar surface area (TPSA) is 64.6 Å². The van der Waals surface area contributed by atoms with Crippen molar-refractivity contribution in [2.24, 2.45) is 23.7 Å². The van der Waals surface area contributed by atoms with Crippen LogP contribution < -0.4 is 5.32 Å². The van der Waals surface area contributed by atoms with Gasteiger partial charge in [0.1, 0.15) is 0 Å². The van der Waals surface area contributed by atoms with Gasteiger partial charge in [0.05, 0.1) is 13.2 Å². The number of carbonyl (C=O) groups is 2. The number of alkyl carbamates (subject to hydrolysis) is 1. The van der Waals surface area contributed by atoms with Gasteiger partial charge in [0.15, 0.2) is 0 Å². The lowest BCUT2D eigenvalue weighted by atomic mass is 9.82. The van der Waals surface area contributed by atoms with Crippen molar-refractivity contribution < 1.29 is 19.1 Å². The van der Waals surface area contributed by atoms with E-state index in [1.807, 2.05) is 0 Å². The zero-order valence-corrected chi connectivity index (χ0v) is 18.4. The van der Waals surface area contributed by atoms with Crippen LogP contribution in [0.15, 0.2) is 12.2 Å². The van der Waals surface area contributed by atoms with E-state index in [-0.39, 0.29) is 12.1 Å². The van der Waals surface area contributed by atoms with E-state index in [1.54, 1.807) is 59.3 Å². The first-order valence-corrected chi connectivity index (χ1v) is 11.2. The summed E-state index contributed by atoms with van der Waals surface area (Å²) in [6.07, 6.45) is 11.3. The number of rotatable bonds is 6. The van der Waals surface area contributed by atoms with Gasteiger partial charge in [0, 0.05) is 12.1 Å². The standard InChI is InChI=1S/C10H16.C7H15NO2.C6H10O2/c1-2-9-7-4-5-8(6-7)10(9)3-1;1-3-5-6-8-7(9)10-4-2;1-4-8-6(7)5(2)3/h7-10H,1-6H2;3-6H2,1-2H3,(H,8,9);2,4H2,1,3H3. The van der Waals surface area contributed by atoms with Crippen molar-refractivity contribution >= 4 is 12.1 Å². The fourth-order valence-corrected chi connectivity index (χ4v) is 4.82. The number of nitrogens with one attached hydrogen (secondary N) is 1. The van der Waals surface area contributed by atoms with Crippen LogP contribution in [0.3, 0.4) is 0 Å². The van der Waals surface area contributed by atoms with Crippen molar-refractivity contribution in [2.45, 2.75) is 79.1 Å². The van der Waals surface area contributed by atoms with Gasteiger partial charge in [-0.05, 0) is 83.0 Å². The molecule has 5 heteroatoms. The molecule has 0 heterocycles. The smallest absolute Gasteiger partial charge is 0.407 e. The van der Waals surface area contributed by atoms with Crippen molar-refractivity contribution in [1.29, 1.82) is 0 Å². The minimum absolute atomic E-state index is 0.309. The number of hydrogen-bond donors (Lipinski definition) is 1. The molecule has 0 saturated heterocycles. The third kappa shape index (κ3) is 8.24. The van der Waals surface area contributed by atoms with E-state index in [4.69, 9.17) is 0 Å². The van der Waals surface area contributed by atoms with Crippen molar-refractivity contribution in [3.8, 4) is 0 Å². The summed E-state index contributed by atoms with van der Waals surface area (Å²) in [7, 11) is 0. The molecule has 4 atom stereocenters. The summed E-state index contributed by atoms with van der Waals surface area (Å²) in [6, 6.07) is 0. The van der Waals surface area contributed by atoms with Crippen LogP contribution in [0.5, 0.6) is 0 Å². The van der Waals surface area contributed by atoms with Crippen LogP contribution in [0.2, 0.25) is 0 Å². The number of ether oxygens (including phenoxy) is 2. The molecule has 4 unspecified atom stereocenters. The molecule has 2 bridgehead atoms. The molecule has 3 aliphatic carbocycles. The first-order chi connectivity index (χ1) is 13.4. The first kappa shape index (κ1) is 24.5. The van der Waals surface area contributed by atoms with Gasteiger partial charge in [-0.25, -0.2) is 9.59 Å². The van der Waals surface area contributed by atoms with E-state index in [1.165, 1.54) is 23.7 Å². The molecule has 0 aromatic rings. The summed E-state index contributed by atoms with van der Waals surface area (Å²) >= 11 is 0. The zero-order chi connectivity index (χ0) is 20.9. The van der Waals surface area contributed by atoms with Gasteiger partial charge in [-0.2, -0.15) is 0 Å². The number of fused-ring (bicyclic) bond motifs is 5. The Morgan fingerprint density at radius 3 is 1.96 bits per heavy atom. The Kier molecular flexibility index (Phi) is 11.9. The Bertz CT molecular complexity index is 475. The Balaban J connectivity index is 0.000000212. The molecule has 0 aromatic heterocycles. The van der Waals surface area contributed by atoms with Gasteiger partial charge in [0.2, 0.25) is 0 Å². The van der Waals surface area contributed by atoms with Crippen molar-refractivity contribution in [3.63, 3.8) is 0 Å². The third-order valence-corrected chi connectivity index (χ3v) is 6.05. The number of unbranched alkanes of at least 4 members (excludes halogenated alkanes) is 1. The molecule has 28 heavy (non-hydrogen) atoms.